The highest BCUT2D eigenvalue weighted by atomic mass is 35.5. The van der Waals surface area contributed by atoms with Crippen LogP contribution in [-0.2, 0) is 0 Å². The minimum absolute atomic E-state index is 0.782. The van der Waals surface area contributed by atoms with Gasteiger partial charge in [-0.2, -0.15) is 0 Å². The normalized spacial score (nSPS) is 11.1. The van der Waals surface area contributed by atoms with Crippen LogP contribution in [0.4, 0.5) is 0 Å². The average molecular weight is 377 g/mol. The number of benzene rings is 4. The SMILES string of the molecule is Cc1c(Cl)cccc1-c1ccc2ccccc2c1-c1cccc(Cl)c1C. The summed E-state index contributed by atoms with van der Waals surface area (Å²) in [5, 5.41) is 3.99. The number of fused-ring (bicyclic) bond motifs is 1. The summed E-state index contributed by atoms with van der Waals surface area (Å²) in [6, 6.07) is 25.0. The van der Waals surface area contributed by atoms with Gasteiger partial charge in [0.15, 0.2) is 0 Å². The second kappa shape index (κ2) is 6.79. The first-order chi connectivity index (χ1) is 12.6. The van der Waals surface area contributed by atoms with Gasteiger partial charge in [0.05, 0.1) is 0 Å². The topological polar surface area (TPSA) is 0 Å². The van der Waals surface area contributed by atoms with Gasteiger partial charge in [0.2, 0.25) is 0 Å². The Kier molecular flexibility index (Phi) is 4.48. The van der Waals surface area contributed by atoms with Gasteiger partial charge >= 0.3 is 0 Å². The fourth-order valence-electron chi connectivity index (χ4n) is 3.56. The lowest BCUT2D eigenvalue weighted by Crippen LogP contribution is -1.93. The molecule has 0 aromatic heterocycles. The van der Waals surface area contributed by atoms with E-state index in [1.54, 1.807) is 0 Å². The Hall–Kier alpha value is -2.28. The van der Waals surface area contributed by atoms with Crippen molar-refractivity contribution in [1.29, 1.82) is 0 Å². The summed E-state index contributed by atoms with van der Waals surface area (Å²) in [6.07, 6.45) is 0. The summed E-state index contributed by atoms with van der Waals surface area (Å²) in [5.74, 6) is 0. The molecule has 4 rings (SSSR count). The molecule has 0 unspecified atom stereocenters. The highest BCUT2D eigenvalue weighted by Crippen LogP contribution is 2.42. The Morgan fingerprint density at radius 2 is 1.15 bits per heavy atom. The summed E-state index contributed by atoms with van der Waals surface area (Å²) in [4.78, 5) is 0. The standard InChI is InChI=1S/C24H18Cl2/c1-15-18(9-5-11-22(15)25)21-14-13-17-7-3-4-8-20(17)24(21)19-10-6-12-23(26)16(19)2/h3-14H,1-2H3. The summed E-state index contributed by atoms with van der Waals surface area (Å²) in [5.41, 5.74) is 6.86. The number of hydrogen-bond acceptors (Lipinski definition) is 0. The van der Waals surface area contributed by atoms with Crippen LogP contribution in [0.15, 0.2) is 72.8 Å². The average Bonchev–Trinajstić information content (AvgIpc) is 2.66. The molecule has 26 heavy (non-hydrogen) atoms. The minimum atomic E-state index is 0.782. The third kappa shape index (κ3) is 2.80. The van der Waals surface area contributed by atoms with Crippen molar-refractivity contribution in [2.24, 2.45) is 0 Å². The highest BCUT2D eigenvalue weighted by molar-refractivity contribution is 6.32. The van der Waals surface area contributed by atoms with Crippen LogP contribution in [-0.4, -0.2) is 0 Å². The zero-order chi connectivity index (χ0) is 18.3. The summed E-state index contributed by atoms with van der Waals surface area (Å²) in [6.45, 7) is 4.15. The smallest absolute Gasteiger partial charge is 0.0441 e. The van der Waals surface area contributed by atoms with Crippen molar-refractivity contribution in [3.8, 4) is 22.3 Å². The number of hydrogen-bond donors (Lipinski definition) is 0. The maximum Gasteiger partial charge on any atom is 0.0441 e. The molecular formula is C24H18Cl2. The number of rotatable bonds is 2. The Morgan fingerprint density at radius 1 is 0.538 bits per heavy atom. The summed E-state index contributed by atoms with van der Waals surface area (Å²) >= 11 is 12.9. The van der Waals surface area contributed by atoms with Crippen molar-refractivity contribution < 1.29 is 0 Å². The fourth-order valence-corrected chi connectivity index (χ4v) is 3.91. The van der Waals surface area contributed by atoms with E-state index in [1.807, 2.05) is 24.3 Å². The van der Waals surface area contributed by atoms with Crippen LogP contribution in [0.2, 0.25) is 10.0 Å². The molecule has 0 saturated heterocycles. The van der Waals surface area contributed by atoms with Gasteiger partial charge in [-0.3, -0.25) is 0 Å². The van der Waals surface area contributed by atoms with Crippen molar-refractivity contribution in [3.63, 3.8) is 0 Å². The monoisotopic (exact) mass is 376 g/mol. The van der Waals surface area contributed by atoms with E-state index in [2.05, 4.69) is 62.4 Å². The van der Waals surface area contributed by atoms with Crippen molar-refractivity contribution in [3.05, 3.63) is 94.0 Å². The molecule has 0 fully saturated rings. The molecule has 4 aromatic carbocycles. The molecule has 0 atom stereocenters. The van der Waals surface area contributed by atoms with E-state index < -0.39 is 0 Å². The van der Waals surface area contributed by atoms with Crippen LogP contribution in [0.5, 0.6) is 0 Å². The highest BCUT2D eigenvalue weighted by Gasteiger charge is 2.16. The third-order valence-electron chi connectivity index (χ3n) is 5.02. The van der Waals surface area contributed by atoms with Crippen molar-refractivity contribution >= 4 is 34.0 Å². The summed E-state index contributed by atoms with van der Waals surface area (Å²) in [7, 11) is 0. The summed E-state index contributed by atoms with van der Waals surface area (Å²) < 4.78 is 0. The molecule has 0 aliphatic heterocycles. The van der Waals surface area contributed by atoms with Gasteiger partial charge in [0.25, 0.3) is 0 Å². The Bertz CT molecular complexity index is 1130. The van der Waals surface area contributed by atoms with Crippen LogP contribution in [0.25, 0.3) is 33.0 Å². The maximum absolute atomic E-state index is 6.45. The maximum atomic E-state index is 6.45. The molecule has 0 bridgehead atoms. The third-order valence-corrected chi connectivity index (χ3v) is 5.84. The molecule has 0 aliphatic rings. The van der Waals surface area contributed by atoms with Gasteiger partial charge in [0, 0.05) is 10.0 Å². The molecule has 0 heterocycles. The van der Waals surface area contributed by atoms with E-state index in [-0.39, 0.29) is 0 Å². The lowest BCUT2D eigenvalue weighted by molar-refractivity contribution is 1.44. The molecule has 0 amide bonds. The van der Waals surface area contributed by atoms with E-state index in [0.29, 0.717) is 0 Å². The lowest BCUT2D eigenvalue weighted by atomic mass is 9.87. The van der Waals surface area contributed by atoms with Crippen LogP contribution in [0, 0.1) is 13.8 Å². The van der Waals surface area contributed by atoms with Crippen molar-refractivity contribution in [1.82, 2.24) is 0 Å². The zero-order valence-electron chi connectivity index (χ0n) is 14.7. The predicted molar refractivity (Wildman–Crippen MR) is 114 cm³/mol. The lowest BCUT2D eigenvalue weighted by Gasteiger charge is -2.18. The molecule has 0 nitrogen and oxygen atoms in total. The van der Waals surface area contributed by atoms with E-state index in [4.69, 9.17) is 23.2 Å². The van der Waals surface area contributed by atoms with Crippen LogP contribution < -0.4 is 0 Å². The van der Waals surface area contributed by atoms with Gasteiger partial charge in [-0.25, -0.2) is 0 Å². The molecule has 0 radical (unpaired) electrons. The van der Waals surface area contributed by atoms with Gasteiger partial charge in [-0.1, -0.05) is 83.9 Å². The van der Waals surface area contributed by atoms with E-state index in [0.717, 1.165) is 32.3 Å². The molecule has 2 heteroatoms. The van der Waals surface area contributed by atoms with Crippen molar-refractivity contribution in [2.75, 3.05) is 0 Å². The minimum Gasteiger partial charge on any atom is -0.0840 e. The predicted octanol–water partition coefficient (Wildman–Crippen LogP) is 8.10. The second-order valence-corrected chi connectivity index (χ2v) is 7.35. The molecule has 0 N–H and O–H groups in total. The van der Waals surface area contributed by atoms with E-state index in [9.17, 15) is 0 Å². The van der Waals surface area contributed by atoms with Gasteiger partial charge in [-0.15, -0.1) is 0 Å². The van der Waals surface area contributed by atoms with Gasteiger partial charge in [-0.05, 0) is 70.1 Å². The first kappa shape index (κ1) is 17.1. The van der Waals surface area contributed by atoms with E-state index >= 15 is 0 Å². The molecule has 0 aliphatic carbocycles. The molecular weight excluding hydrogens is 359 g/mol. The fraction of sp³-hybridized carbons (Fsp3) is 0.0833. The molecule has 128 valence electrons. The Balaban J connectivity index is 2.15. The quantitative estimate of drug-likeness (QED) is 0.331. The molecule has 0 spiro atoms. The number of halogens is 2. The molecule has 4 aromatic rings. The van der Waals surface area contributed by atoms with Crippen LogP contribution in [0.3, 0.4) is 0 Å². The zero-order valence-corrected chi connectivity index (χ0v) is 16.2. The van der Waals surface area contributed by atoms with Gasteiger partial charge in [0.1, 0.15) is 0 Å². The van der Waals surface area contributed by atoms with Gasteiger partial charge < -0.3 is 0 Å². The second-order valence-electron chi connectivity index (χ2n) is 6.53. The van der Waals surface area contributed by atoms with Crippen molar-refractivity contribution in [2.45, 2.75) is 13.8 Å². The first-order valence-electron chi connectivity index (χ1n) is 8.60. The Morgan fingerprint density at radius 3 is 1.88 bits per heavy atom. The van der Waals surface area contributed by atoms with Crippen LogP contribution >= 0.6 is 23.2 Å². The van der Waals surface area contributed by atoms with Crippen LogP contribution in [0.1, 0.15) is 11.1 Å². The largest absolute Gasteiger partial charge is 0.0840 e. The Labute approximate surface area is 164 Å². The first-order valence-corrected chi connectivity index (χ1v) is 9.36. The molecule has 0 saturated carbocycles. The van der Waals surface area contributed by atoms with E-state index in [1.165, 1.54) is 21.9 Å².